The van der Waals surface area contributed by atoms with Gasteiger partial charge in [-0.2, -0.15) is 5.10 Å². The molecule has 3 aliphatic heterocycles. The zero-order valence-corrected chi connectivity index (χ0v) is 22.3. The summed E-state index contributed by atoms with van der Waals surface area (Å²) in [5.74, 6) is -0.205. The Bertz CT molecular complexity index is 1480. The van der Waals surface area contributed by atoms with E-state index in [1.807, 2.05) is 65.5 Å². The van der Waals surface area contributed by atoms with Crippen LogP contribution in [0.2, 0.25) is 0 Å². The van der Waals surface area contributed by atoms with E-state index >= 15 is 0 Å². The molecular weight excluding hydrogens is 508 g/mol. The number of carbonyl (C=O) groups is 1. The minimum Gasteiger partial charge on any atom is -0.434 e. The van der Waals surface area contributed by atoms with Crippen molar-refractivity contribution in [2.45, 2.75) is 44.2 Å². The van der Waals surface area contributed by atoms with Crippen LogP contribution in [0.5, 0.6) is 0 Å². The van der Waals surface area contributed by atoms with Crippen LogP contribution in [0.4, 0.5) is 11.5 Å². The lowest BCUT2D eigenvalue weighted by molar-refractivity contribution is -0.120. The zero-order chi connectivity index (χ0) is 27.1. The van der Waals surface area contributed by atoms with Crippen molar-refractivity contribution >= 4 is 29.0 Å². The number of morpholine rings is 1. The number of nitrogens with zero attached hydrogens (tertiary/aromatic N) is 5. The molecule has 1 unspecified atom stereocenters. The highest BCUT2D eigenvalue weighted by atomic mass is 16.6. The second kappa shape index (κ2) is 10.1. The van der Waals surface area contributed by atoms with E-state index < -0.39 is 12.0 Å². The van der Waals surface area contributed by atoms with E-state index in [9.17, 15) is 4.79 Å². The molecule has 1 saturated heterocycles. The fourth-order valence-electron chi connectivity index (χ4n) is 5.40. The Morgan fingerprint density at radius 2 is 1.80 bits per heavy atom. The van der Waals surface area contributed by atoms with Crippen LogP contribution >= 0.6 is 0 Å². The fraction of sp³-hybridized carbons (Fsp3) is 0.379. The van der Waals surface area contributed by atoms with Gasteiger partial charge in [0.2, 0.25) is 5.90 Å². The monoisotopic (exact) mass is 540 g/mol. The maximum atomic E-state index is 13.4. The van der Waals surface area contributed by atoms with Gasteiger partial charge >= 0.3 is 0 Å². The number of rotatable bonds is 6. The summed E-state index contributed by atoms with van der Waals surface area (Å²) >= 11 is 0. The summed E-state index contributed by atoms with van der Waals surface area (Å²) in [5, 5.41) is 15.8. The van der Waals surface area contributed by atoms with E-state index in [4.69, 9.17) is 19.6 Å². The quantitative estimate of drug-likeness (QED) is 0.440. The summed E-state index contributed by atoms with van der Waals surface area (Å²) in [6.07, 6.45) is 4.55. The largest absolute Gasteiger partial charge is 0.434 e. The molecule has 2 aromatic carbocycles. The smallest absolute Gasteiger partial charge is 0.264 e. The highest BCUT2D eigenvalue weighted by Crippen LogP contribution is 2.34. The average Bonchev–Trinajstić information content (AvgIpc) is 3.52. The molecule has 3 aromatic rings. The number of ether oxygens (including phenoxy) is 2. The van der Waals surface area contributed by atoms with Crippen LogP contribution < -0.4 is 21.0 Å². The van der Waals surface area contributed by atoms with E-state index in [1.165, 1.54) is 6.42 Å². The van der Waals surface area contributed by atoms with Crippen LogP contribution in [0.25, 0.3) is 0 Å². The summed E-state index contributed by atoms with van der Waals surface area (Å²) in [4.78, 5) is 20.5. The van der Waals surface area contributed by atoms with Crippen molar-refractivity contribution < 1.29 is 14.3 Å². The van der Waals surface area contributed by atoms with Gasteiger partial charge in [0.25, 0.3) is 11.8 Å². The van der Waals surface area contributed by atoms with Gasteiger partial charge in [-0.25, -0.2) is 5.32 Å². The number of fused-ring (bicyclic) bond motifs is 1. The minimum absolute atomic E-state index is 0.287. The van der Waals surface area contributed by atoms with Crippen molar-refractivity contribution in [1.82, 2.24) is 20.5 Å². The first-order chi connectivity index (χ1) is 19.6. The van der Waals surface area contributed by atoms with Crippen LogP contribution in [0, 0.1) is 0 Å². The predicted octanol–water partition coefficient (Wildman–Crippen LogP) is 2.81. The Labute approximate surface area is 232 Å². The van der Waals surface area contributed by atoms with Crippen molar-refractivity contribution in [3.63, 3.8) is 0 Å². The molecule has 0 bridgehead atoms. The zero-order valence-electron chi connectivity index (χ0n) is 22.3. The summed E-state index contributed by atoms with van der Waals surface area (Å²) < 4.78 is 14.0. The lowest BCUT2D eigenvalue weighted by Gasteiger charge is -2.29. The number of hydrogen-bond acceptors (Lipinski definition) is 9. The number of nitrogens with one attached hydrogen (secondary N) is 3. The summed E-state index contributed by atoms with van der Waals surface area (Å²) in [6, 6.07) is 17.9. The Kier molecular flexibility index (Phi) is 6.24. The first-order valence-corrected chi connectivity index (χ1v) is 13.8. The van der Waals surface area contributed by atoms with Gasteiger partial charge < -0.3 is 19.7 Å². The van der Waals surface area contributed by atoms with Crippen LogP contribution in [0.15, 0.2) is 70.9 Å². The van der Waals surface area contributed by atoms with Gasteiger partial charge in [0, 0.05) is 37.3 Å². The number of benzodiazepines with no additional fused rings is 1. The van der Waals surface area contributed by atoms with Gasteiger partial charge in [-0.05, 0) is 25.3 Å². The predicted molar refractivity (Wildman–Crippen MR) is 151 cm³/mol. The van der Waals surface area contributed by atoms with Crippen LogP contribution in [-0.4, -0.2) is 65.6 Å². The third kappa shape index (κ3) is 4.61. The molecule has 206 valence electrons. The molecule has 11 heteroatoms. The standard InChI is InChI=1S/C29H32N8O3/c1-29(32-25-27(38)30-23-13-6-5-12-21(23)24(31-25)19-8-3-2-4-9-19)35-33-28(40-29)22-18-37(20-10-7-11-20)34-26(22)36-14-16-39-17-15-36/h2-6,8-9,12-13,18,20,25,32,35H,7,10-11,14-17H2,1H3,(H,30,38)/t25-,29?/m1/s1. The molecule has 2 atom stereocenters. The number of para-hydroxylation sites is 1. The Morgan fingerprint density at radius 1 is 1.02 bits per heavy atom. The SMILES string of the molecule is CC1(N[C@H]2N=C(c3ccccc3)c3ccccc3NC2=O)NN=C(c2cn(C3CCC3)nc2N2CCOCC2)O1. The van der Waals surface area contributed by atoms with Gasteiger partial charge in [-0.1, -0.05) is 48.5 Å². The first kappa shape index (κ1) is 24.8. The molecule has 4 heterocycles. The molecule has 7 rings (SSSR count). The van der Waals surface area contributed by atoms with Gasteiger partial charge in [-0.15, -0.1) is 5.10 Å². The molecule has 4 aliphatic rings. The fourth-order valence-corrected chi connectivity index (χ4v) is 5.40. The van der Waals surface area contributed by atoms with Crippen LogP contribution in [0.3, 0.4) is 0 Å². The third-order valence-electron chi connectivity index (χ3n) is 7.78. The second-order valence-electron chi connectivity index (χ2n) is 10.6. The van der Waals surface area contributed by atoms with Gasteiger partial charge in [-0.3, -0.25) is 19.9 Å². The van der Waals surface area contributed by atoms with Crippen molar-refractivity contribution in [3.05, 3.63) is 77.5 Å². The number of amides is 1. The molecular formula is C29H32N8O3. The lowest BCUT2D eigenvalue weighted by atomic mass is 9.93. The number of hydrazone groups is 1. The summed E-state index contributed by atoms with van der Waals surface area (Å²) in [6.45, 7) is 4.62. The van der Waals surface area contributed by atoms with E-state index in [1.54, 1.807) is 6.92 Å². The number of anilines is 2. The Balaban J connectivity index is 1.17. The maximum Gasteiger partial charge on any atom is 0.264 e. The van der Waals surface area contributed by atoms with Gasteiger partial charge in [0.05, 0.1) is 30.7 Å². The Hall–Kier alpha value is -4.22. The maximum absolute atomic E-state index is 13.4. The number of benzene rings is 2. The minimum atomic E-state index is -1.18. The number of carbonyl (C=O) groups excluding carboxylic acids is 1. The molecule has 2 fully saturated rings. The highest BCUT2D eigenvalue weighted by molar-refractivity contribution is 6.19. The molecule has 1 saturated carbocycles. The van der Waals surface area contributed by atoms with Crippen molar-refractivity contribution in [1.29, 1.82) is 0 Å². The molecule has 0 spiro atoms. The van der Waals surface area contributed by atoms with E-state index in [2.05, 4.69) is 26.1 Å². The van der Waals surface area contributed by atoms with Crippen molar-refractivity contribution in [3.8, 4) is 0 Å². The van der Waals surface area contributed by atoms with Gasteiger partial charge in [0.1, 0.15) is 5.56 Å². The van der Waals surface area contributed by atoms with E-state index in [0.717, 1.165) is 48.4 Å². The third-order valence-corrected chi connectivity index (χ3v) is 7.78. The number of aromatic nitrogens is 2. The first-order valence-electron chi connectivity index (χ1n) is 13.8. The van der Waals surface area contributed by atoms with Gasteiger partial charge in [0.15, 0.2) is 12.0 Å². The van der Waals surface area contributed by atoms with Crippen molar-refractivity contribution in [2.75, 3.05) is 36.5 Å². The number of aliphatic imine (C=N–C) groups is 1. The molecule has 0 radical (unpaired) electrons. The van der Waals surface area contributed by atoms with Crippen LogP contribution in [-0.2, 0) is 14.3 Å². The molecule has 3 N–H and O–H groups in total. The molecule has 40 heavy (non-hydrogen) atoms. The summed E-state index contributed by atoms with van der Waals surface area (Å²) in [5.41, 5.74) is 7.08. The average molecular weight is 541 g/mol. The lowest BCUT2D eigenvalue weighted by Crippen LogP contribution is -2.58. The van der Waals surface area contributed by atoms with E-state index in [0.29, 0.717) is 36.6 Å². The number of hydrogen-bond donors (Lipinski definition) is 3. The molecule has 11 nitrogen and oxygen atoms in total. The Morgan fingerprint density at radius 3 is 2.58 bits per heavy atom. The van der Waals surface area contributed by atoms with Crippen LogP contribution in [0.1, 0.15) is 48.9 Å². The van der Waals surface area contributed by atoms with Crippen molar-refractivity contribution in [2.24, 2.45) is 10.1 Å². The second-order valence-corrected chi connectivity index (χ2v) is 10.6. The molecule has 1 aromatic heterocycles. The van der Waals surface area contributed by atoms with E-state index in [-0.39, 0.29) is 5.91 Å². The molecule has 1 amide bonds. The summed E-state index contributed by atoms with van der Waals surface area (Å²) in [7, 11) is 0. The molecule has 1 aliphatic carbocycles. The highest BCUT2D eigenvalue weighted by Gasteiger charge is 2.40. The topological polar surface area (TPSA) is 117 Å². The normalized spacial score (nSPS) is 24.6.